The zero-order valence-electron chi connectivity index (χ0n) is 16.5. The Morgan fingerprint density at radius 3 is 2.48 bits per heavy atom. The van der Waals surface area contributed by atoms with Crippen LogP contribution in [0.2, 0.25) is 0 Å². The average Bonchev–Trinajstić information content (AvgIpc) is 3.13. The van der Waals surface area contributed by atoms with Gasteiger partial charge in [-0.05, 0) is 56.4 Å². The molecule has 1 heterocycles. The fourth-order valence-corrected chi connectivity index (χ4v) is 4.15. The Hall–Kier alpha value is -1.44. The maximum Gasteiger partial charge on any atom is 0.251 e. The Morgan fingerprint density at radius 1 is 1.19 bits per heavy atom. The molecule has 0 saturated carbocycles. The standard InChI is InChI=1S/C20H32N2O4S/c1-15(2)6-4-7-16(3)22-20(23)17-9-11-19(12-10-17)27(24,25)21-14-18-8-5-13-26-18/h9-12,15-16,18,21H,4-8,13-14H2,1-3H3,(H,22,23)/t16-,18+/m1/s1. The van der Waals surface area contributed by atoms with Crippen molar-refractivity contribution < 1.29 is 17.9 Å². The highest BCUT2D eigenvalue weighted by Gasteiger charge is 2.20. The third kappa shape index (κ3) is 7.24. The van der Waals surface area contributed by atoms with Crippen molar-refractivity contribution in [3.05, 3.63) is 29.8 Å². The highest BCUT2D eigenvalue weighted by Crippen LogP contribution is 2.14. The Balaban J connectivity index is 1.86. The maximum absolute atomic E-state index is 12.4. The molecule has 1 aromatic rings. The summed E-state index contributed by atoms with van der Waals surface area (Å²) in [5.41, 5.74) is 0.462. The van der Waals surface area contributed by atoms with Gasteiger partial charge in [0.25, 0.3) is 5.91 Å². The minimum atomic E-state index is -3.60. The first kappa shape index (κ1) is 21.9. The van der Waals surface area contributed by atoms with Crippen LogP contribution in [0.5, 0.6) is 0 Å². The third-order valence-electron chi connectivity index (χ3n) is 4.75. The van der Waals surface area contributed by atoms with E-state index in [9.17, 15) is 13.2 Å². The van der Waals surface area contributed by atoms with E-state index in [1.807, 2.05) is 6.92 Å². The van der Waals surface area contributed by atoms with Gasteiger partial charge in [0.15, 0.2) is 0 Å². The topological polar surface area (TPSA) is 84.5 Å². The number of benzene rings is 1. The maximum atomic E-state index is 12.4. The van der Waals surface area contributed by atoms with Gasteiger partial charge in [0.2, 0.25) is 10.0 Å². The number of hydrogen-bond donors (Lipinski definition) is 2. The average molecular weight is 397 g/mol. The molecule has 1 fully saturated rings. The van der Waals surface area contributed by atoms with Crippen LogP contribution in [0, 0.1) is 5.92 Å². The van der Waals surface area contributed by atoms with E-state index in [0.29, 0.717) is 18.1 Å². The van der Waals surface area contributed by atoms with Crippen LogP contribution in [0.1, 0.15) is 63.2 Å². The fourth-order valence-electron chi connectivity index (χ4n) is 3.09. The zero-order valence-corrected chi connectivity index (χ0v) is 17.3. The summed E-state index contributed by atoms with van der Waals surface area (Å²) >= 11 is 0. The third-order valence-corrected chi connectivity index (χ3v) is 6.19. The molecule has 27 heavy (non-hydrogen) atoms. The molecule has 0 spiro atoms. The summed E-state index contributed by atoms with van der Waals surface area (Å²) in [7, 11) is -3.60. The number of carbonyl (C=O) groups excluding carboxylic acids is 1. The molecule has 2 N–H and O–H groups in total. The lowest BCUT2D eigenvalue weighted by molar-refractivity contribution is 0.0937. The van der Waals surface area contributed by atoms with Crippen LogP contribution >= 0.6 is 0 Å². The number of ether oxygens (including phenoxy) is 1. The molecule has 1 saturated heterocycles. The highest BCUT2D eigenvalue weighted by atomic mass is 32.2. The molecule has 2 atom stereocenters. The lowest BCUT2D eigenvalue weighted by Crippen LogP contribution is -2.33. The second-order valence-corrected chi connectivity index (χ2v) is 9.48. The van der Waals surface area contributed by atoms with Crippen LogP contribution < -0.4 is 10.0 Å². The number of carbonyl (C=O) groups is 1. The fraction of sp³-hybridized carbons (Fsp3) is 0.650. The Labute approximate surface area is 163 Å². The molecule has 0 unspecified atom stereocenters. The van der Waals surface area contributed by atoms with E-state index < -0.39 is 10.0 Å². The van der Waals surface area contributed by atoms with Crippen LogP contribution in [-0.4, -0.2) is 39.6 Å². The van der Waals surface area contributed by atoms with E-state index in [2.05, 4.69) is 23.9 Å². The highest BCUT2D eigenvalue weighted by molar-refractivity contribution is 7.89. The van der Waals surface area contributed by atoms with E-state index >= 15 is 0 Å². The molecular weight excluding hydrogens is 364 g/mol. The van der Waals surface area contributed by atoms with Crippen LogP contribution in [0.25, 0.3) is 0 Å². The van der Waals surface area contributed by atoms with Gasteiger partial charge in [-0.1, -0.05) is 26.7 Å². The minimum absolute atomic E-state index is 0.0537. The summed E-state index contributed by atoms with van der Waals surface area (Å²) < 4.78 is 32.7. The normalized spacial score (nSPS) is 18.6. The summed E-state index contributed by atoms with van der Waals surface area (Å²) in [6.45, 7) is 7.33. The van der Waals surface area contributed by atoms with E-state index in [-0.39, 0.29) is 29.5 Å². The van der Waals surface area contributed by atoms with Gasteiger partial charge in [0.1, 0.15) is 0 Å². The van der Waals surface area contributed by atoms with Gasteiger partial charge in [-0.2, -0.15) is 0 Å². The van der Waals surface area contributed by atoms with Gasteiger partial charge in [0, 0.05) is 24.8 Å². The largest absolute Gasteiger partial charge is 0.377 e. The van der Waals surface area contributed by atoms with Crippen LogP contribution in [-0.2, 0) is 14.8 Å². The lowest BCUT2D eigenvalue weighted by atomic mass is 10.0. The van der Waals surface area contributed by atoms with Gasteiger partial charge in [-0.3, -0.25) is 4.79 Å². The Kier molecular flexibility index (Phi) is 8.26. The second kappa shape index (κ2) is 10.2. The van der Waals surface area contributed by atoms with E-state index in [1.165, 1.54) is 12.1 Å². The van der Waals surface area contributed by atoms with Crippen molar-refractivity contribution in [2.45, 2.75) is 69.9 Å². The molecule has 0 bridgehead atoms. The number of amides is 1. The summed E-state index contributed by atoms with van der Waals surface area (Å²) in [5.74, 6) is 0.486. The smallest absolute Gasteiger partial charge is 0.251 e. The Bertz CT molecular complexity index is 695. The van der Waals surface area contributed by atoms with Crippen molar-refractivity contribution in [2.75, 3.05) is 13.2 Å². The first-order valence-electron chi connectivity index (χ1n) is 9.80. The molecular formula is C20H32N2O4S. The van der Waals surface area contributed by atoms with Gasteiger partial charge in [-0.25, -0.2) is 13.1 Å². The molecule has 1 aliphatic rings. The lowest BCUT2D eigenvalue weighted by Gasteiger charge is -2.15. The zero-order chi connectivity index (χ0) is 19.9. The van der Waals surface area contributed by atoms with Crippen molar-refractivity contribution >= 4 is 15.9 Å². The van der Waals surface area contributed by atoms with Gasteiger partial charge < -0.3 is 10.1 Å². The number of nitrogens with one attached hydrogen (secondary N) is 2. The van der Waals surface area contributed by atoms with Crippen molar-refractivity contribution in [3.63, 3.8) is 0 Å². The van der Waals surface area contributed by atoms with E-state index in [4.69, 9.17) is 4.74 Å². The van der Waals surface area contributed by atoms with Gasteiger partial charge in [-0.15, -0.1) is 0 Å². The molecule has 152 valence electrons. The molecule has 0 aromatic heterocycles. The second-order valence-electron chi connectivity index (χ2n) is 7.71. The predicted octanol–water partition coefficient (Wildman–Crippen LogP) is 3.09. The molecule has 6 nitrogen and oxygen atoms in total. The van der Waals surface area contributed by atoms with Crippen LogP contribution in [0.3, 0.4) is 0 Å². The number of sulfonamides is 1. The first-order valence-corrected chi connectivity index (χ1v) is 11.3. The summed E-state index contributed by atoms with van der Waals surface area (Å²) in [5, 5.41) is 2.97. The first-order chi connectivity index (χ1) is 12.8. The van der Waals surface area contributed by atoms with Crippen molar-refractivity contribution in [2.24, 2.45) is 5.92 Å². The molecule has 1 aromatic carbocycles. The quantitative estimate of drug-likeness (QED) is 0.636. The number of rotatable bonds is 10. The van der Waals surface area contributed by atoms with E-state index in [0.717, 1.165) is 32.1 Å². The van der Waals surface area contributed by atoms with Crippen molar-refractivity contribution in [1.29, 1.82) is 0 Å². The van der Waals surface area contributed by atoms with Crippen molar-refractivity contribution in [1.82, 2.24) is 10.0 Å². The van der Waals surface area contributed by atoms with Gasteiger partial charge in [0.05, 0.1) is 11.0 Å². The summed E-state index contributed by atoms with van der Waals surface area (Å²) in [4.78, 5) is 12.5. The molecule has 1 aliphatic heterocycles. The molecule has 1 amide bonds. The molecule has 0 radical (unpaired) electrons. The SMILES string of the molecule is CC(C)CCC[C@@H](C)NC(=O)c1ccc(S(=O)(=O)NC[C@@H]2CCCO2)cc1. The summed E-state index contributed by atoms with van der Waals surface area (Å²) in [6, 6.07) is 6.13. The van der Waals surface area contributed by atoms with E-state index in [1.54, 1.807) is 12.1 Å². The predicted molar refractivity (Wildman–Crippen MR) is 106 cm³/mol. The minimum Gasteiger partial charge on any atom is -0.377 e. The summed E-state index contributed by atoms with van der Waals surface area (Å²) in [6.07, 6.45) is 4.94. The van der Waals surface area contributed by atoms with Crippen molar-refractivity contribution in [3.8, 4) is 0 Å². The Morgan fingerprint density at radius 2 is 1.89 bits per heavy atom. The molecule has 0 aliphatic carbocycles. The monoisotopic (exact) mass is 396 g/mol. The molecule has 7 heteroatoms. The molecule has 2 rings (SSSR count). The van der Waals surface area contributed by atoms with Gasteiger partial charge >= 0.3 is 0 Å². The number of hydrogen-bond acceptors (Lipinski definition) is 4. The van der Waals surface area contributed by atoms with Crippen LogP contribution in [0.15, 0.2) is 29.2 Å². The van der Waals surface area contributed by atoms with Crippen LogP contribution in [0.4, 0.5) is 0 Å².